The highest BCUT2D eigenvalue weighted by Crippen LogP contribution is 2.31. The summed E-state index contributed by atoms with van der Waals surface area (Å²) in [5.74, 6) is 0.763. The predicted octanol–water partition coefficient (Wildman–Crippen LogP) is 3.91. The van der Waals surface area contributed by atoms with Crippen LogP contribution in [0.25, 0.3) is 10.2 Å². The SMILES string of the molecule is Cc1cc(Br)c2nc(CC3CCCNC3)sc2c1. The van der Waals surface area contributed by atoms with Gasteiger partial charge in [0.1, 0.15) is 0 Å². The molecule has 3 rings (SSSR count). The molecule has 0 saturated carbocycles. The standard InChI is InChI=1S/C14H17BrN2S/c1-9-5-11(15)14-12(6-9)18-13(17-14)7-10-3-2-4-16-8-10/h5-6,10,16H,2-4,7-8H2,1H3. The van der Waals surface area contributed by atoms with Crippen LogP contribution in [0.15, 0.2) is 16.6 Å². The van der Waals surface area contributed by atoms with Gasteiger partial charge < -0.3 is 5.32 Å². The van der Waals surface area contributed by atoms with Crippen molar-refractivity contribution in [1.82, 2.24) is 10.3 Å². The lowest BCUT2D eigenvalue weighted by atomic mass is 9.97. The highest BCUT2D eigenvalue weighted by Gasteiger charge is 2.16. The van der Waals surface area contributed by atoms with Crippen LogP contribution in [0.2, 0.25) is 0 Å². The van der Waals surface area contributed by atoms with Crippen LogP contribution >= 0.6 is 27.3 Å². The first kappa shape index (κ1) is 12.6. The smallest absolute Gasteiger partial charge is 0.0957 e. The highest BCUT2D eigenvalue weighted by atomic mass is 79.9. The average Bonchev–Trinajstić information content (AvgIpc) is 2.73. The Hall–Kier alpha value is -0.450. The quantitative estimate of drug-likeness (QED) is 0.905. The summed E-state index contributed by atoms with van der Waals surface area (Å²) in [6, 6.07) is 4.38. The number of rotatable bonds is 2. The molecule has 1 N–H and O–H groups in total. The van der Waals surface area contributed by atoms with Gasteiger partial charge in [0.15, 0.2) is 0 Å². The third kappa shape index (κ3) is 2.60. The molecule has 0 aliphatic carbocycles. The van der Waals surface area contributed by atoms with Crippen LogP contribution in [-0.2, 0) is 6.42 Å². The zero-order chi connectivity index (χ0) is 12.5. The van der Waals surface area contributed by atoms with E-state index in [1.54, 1.807) is 0 Å². The molecule has 96 valence electrons. The summed E-state index contributed by atoms with van der Waals surface area (Å²) in [5.41, 5.74) is 2.42. The van der Waals surface area contributed by atoms with Crippen LogP contribution < -0.4 is 5.32 Å². The molecule has 1 aromatic heterocycles. The van der Waals surface area contributed by atoms with Gasteiger partial charge in [-0.1, -0.05) is 0 Å². The molecule has 0 bridgehead atoms. The summed E-state index contributed by atoms with van der Waals surface area (Å²) in [6.07, 6.45) is 3.76. The van der Waals surface area contributed by atoms with Gasteiger partial charge >= 0.3 is 0 Å². The molecule has 0 amide bonds. The van der Waals surface area contributed by atoms with Gasteiger partial charge in [0, 0.05) is 10.9 Å². The summed E-state index contributed by atoms with van der Waals surface area (Å²) in [5, 5.41) is 4.76. The fourth-order valence-corrected chi connectivity index (χ4v) is 4.60. The van der Waals surface area contributed by atoms with Gasteiger partial charge in [0.2, 0.25) is 0 Å². The lowest BCUT2D eigenvalue weighted by molar-refractivity contribution is 0.376. The maximum Gasteiger partial charge on any atom is 0.0957 e. The molecule has 2 nitrogen and oxygen atoms in total. The van der Waals surface area contributed by atoms with E-state index in [0.717, 1.165) is 28.9 Å². The minimum atomic E-state index is 0.763. The lowest BCUT2D eigenvalue weighted by Crippen LogP contribution is -2.30. The Kier molecular flexibility index (Phi) is 3.68. The predicted molar refractivity (Wildman–Crippen MR) is 81.4 cm³/mol. The maximum absolute atomic E-state index is 4.79. The molecule has 1 aliphatic heterocycles. The molecule has 1 unspecified atom stereocenters. The fourth-order valence-electron chi connectivity index (χ4n) is 2.60. The molecule has 4 heteroatoms. The zero-order valence-electron chi connectivity index (χ0n) is 10.5. The molecule has 1 aromatic carbocycles. The van der Waals surface area contributed by atoms with Crippen LogP contribution in [0.4, 0.5) is 0 Å². The Morgan fingerprint density at radius 1 is 1.50 bits per heavy atom. The Bertz CT molecular complexity index is 558. The molecule has 2 aromatic rings. The summed E-state index contributed by atoms with van der Waals surface area (Å²) >= 11 is 5.47. The van der Waals surface area contributed by atoms with Gasteiger partial charge in [-0.05, 0) is 72.4 Å². The Labute approximate surface area is 120 Å². The van der Waals surface area contributed by atoms with Crippen LogP contribution in [0.3, 0.4) is 0 Å². The Balaban J connectivity index is 1.86. The number of fused-ring (bicyclic) bond motifs is 1. The molecule has 2 heterocycles. The van der Waals surface area contributed by atoms with Gasteiger partial charge in [0.05, 0.1) is 15.2 Å². The second-order valence-electron chi connectivity index (χ2n) is 5.12. The van der Waals surface area contributed by atoms with E-state index in [1.165, 1.54) is 34.7 Å². The van der Waals surface area contributed by atoms with Gasteiger partial charge in [0.25, 0.3) is 0 Å². The number of piperidine rings is 1. The number of aryl methyl sites for hydroxylation is 1. The molecule has 0 radical (unpaired) electrons. The first-order chi connectivity index (χ1) is 8.72. The summed E-state index contributed by atoms with van der Waals surface area (Å²) in [4.78, 5) is 4.79. The summed E-state index contributed by atoms with van der Waals surface area (Å²) < 4.78 is 2.43. The summed E-state index contributed by atoms with van der Waals surface area (Å²) in [7, 11) is 0. The second-order valence-corrected chi connectivity index (χ2v) is 7.09. The summed E-state index contributed by atoms with van der Waals surface area (Å²) in [6.45, 7) is 4.46. The third-order valence-corrected chi connectivity index (χ3v) is 5.13. The number of hydrogen-bond acceptors (Lipinski definition) is 3. The van der Waals surface area contributed by atoms with Gasteiger partial charge in [-0.25, -0.2) is 4.98 Å². The average molecular weight is 325 g/mol. The monoisotopic (exact) mass is 324 g/mol. The van der Waals surface area contributed by atoms with Crippen LogP contribution in [0.1, 0.15) is 23.4 Å². The molecular weight excluding hydrogens is 308 g/mol. The highest BCUT2D eigenvalue weighted by molar-refractivity contribution is 9.10. The van der Waals surface area contributed by atoms with E-state index in [4.69, 9.17) is 4.98 Å². The third-order valence-electron chi connectivity index (χ3n) is 3.50. The van der Waals surface area contributed by atoms with Crippen molar-refractivity contribution in [2.75, 3.05) is 13.1 Å². The molecule has 1 fully saturated rings. The maximum atomic E-state index is 4.79. The zero-order valence-corrected chi connectivity index (χ0v) is 12.9. The van der Waals surface area contributed by atoms with Crippen LogP contribution in [0, 0.1) is 12.8 Å². The number of halogens is 1. The first-order valence-corrected chi connectivity index (χ1v) is 8.09. The van der Waals surface area contributed by atoms with Crippen molar-refractivity contribution in [3.05, 3.63) is 27.2 Å². The minimum Gasteiger partial charge on any atom is -0.316 e. The molecule has 1 saturated heterocycles. The van der Waals surface area contributed by atoms with Crippen molar-refractivity contribution in [3.63, 3.8) is 0 Å². The minimum absolute atomic E-state index is 0.763. The van der Waals surface area contributed by atoms with E-state index < -0.39 is 0 Å². The number of thiazole rings is 1. The number of aromatic nitrogens is 1. The van der Waals surface area contributed by atoms with E-state index in [9.17, 15) is 0 Å². The fraction of sp³-hybridized carbons (Fsp3) is 0.500. The van der Waals surface area contributed by atoms with Crippen molar-refractivity contribution in [3.8, 4) is 0 Å². The van der Waals surface area contributed by atoms with Gasteiger partial charge in [-0.15, -0.1) is 11.3 Å². The van der Waals surface area contributed by atoms with Crippen molar-refractivity contribution in [1.29, 1.82) is 0 Å². The number of nitrogens with one attached hydrogen (secondary N) is 1. The molecule has 0 spiro atoms. The molecule has 1 aliphatic rings. The number of benzene rings is 1. The van der Waals surface area contributed by atoms with Crippen molar-refractivity contribution in [2.24, 2.45) is 5.92 Å². The topological polar surface area (TPSA) is 24.9 Å². The van der Waals surface area contributed by atoms with Crippen molar-refractivity contribution in [2.45, 2.75) is 26.2 Å². The second kappa shape index (κ2) is 5.27. The molecular formula is C14H17BrN2S. The van der Waals surface area contributed by atoms with E-state index in [-0.39, 0.29) is 0 Å². The number of nitrogens with zero attached hydrogens (tertiary/aromatic N) is 1. The first-order valence-electron chi connectivity index (χ1n) is 6.48. The Morgan fingerprint density at radius 3 is 3.17 bits per heavy atom. The van der Waals surface area contributed by atoms with Crippen LogP contribution in [0.5, 0.6) is 0 Å². The van der Waals surface area contributed by atoms with E-state index >= 15 is 0 Å². The van der Waals surface area contributed by atoms with Gasteiger partial charge in [-0.3, -0.25) is 0 Å². The lowest BCUT2D eigenvalue weighted by Gasteiger charge is -2.21. The number of hydrogen-bond donors (Lipinski definition) is 1. The Morgan fingerprint density at radius 2 is 2.39 bits per heavy atom. The van der Waals surface area contributed by atoms with E-state index in [2.05, 4.69) is 40.3 Å². The molecule has 18 heavy (non-hydrogen) atoms. The normalized spacial score (nSPS) is 20.4. The van der Waals surface area contributed by atoms with E-state index in [1.807, 2.05) is 11.3 Å². The largest absolute Gasteiger partial charge is 0.316 e. The van der Waals surface area contributed by atoms with Crippen molar-refractivity contribution >= 4 is 37.5 Å². The van der Waals surface area contributed by atoms with E-state index in [0.29, 0.717) is 0 Å². The van der Waals surface area contributed by atoms with Crippen LogP contribution in [-0.4, -0.2) is 18.1 Å². The van der Waals surface area contributed by atoms with Crippen molar-refractivity contribution < 1.29 is 0 Å². The molecule has 1 atom stereocenters. The van der Waals surface area contributed by atoms with Gasteiger partial charge in [-0.2, -0.15) is 0 Å².